The number of ether oxygens (including phenoxy) is 2. The van der Waals surface area contributed by atoms with Crippen LogP contribution in [-0.2, 0) is 24.2 Å². The summed E-state index contributed by atoms with van der Waals surface area (Å²) in [4.78, 5) is 40.8. The summed E-state index contributed by atoms with van der Waals surface area (Å²) in [5.41, 5.74) is 1.15. The second-order valence-corrected chi connectivity index (χ2v) is 9.61. The van der Waals surface area contributed by atoms with Crippen LogP contribution in [-0.4, -0.2) is 45.4 Å². The molecular weight excluding hydrogens is 450 g/mol. The monoisotopic (exact) mass is 475 g/mol. The SMILES string of the molecule is CCn1c(SCC(=O)Nc2nc(OC)cc(OC)n2)nc2sc3c(c2c1=O)CCC(C)C3. The van der Waals surface area contributed by atoms with E-state index in [0.717, 1.165) is 29.5 Å². The summed E-state index contributed by atoms with van der Waals surface area (Å²) in [5.74, 6) is 1.01. The first kappa shape index (κ1) is 22.5. The molecule has 170 valence electrons. The van der Waals surface area contributed by atoms with Gasteiger partial charge < -0.3 is 9.47 Å². The highest BCUT2D eigenvalue weighted by molar-refractivity contribution is 7.99. The lowest BCUT2D eigenvalue weighted by molar-refractivity contribution is -0.113. The molecule has 0 fully saturated rings. The number of amides is 1. The van der Waals surface area contributed by atoms with Gasteiger partial charge in [-0.1, -0.05) is 18.7 Å². The van der Waals surface area contributed by atoms with Crippen molar-refractivity contribution in [2.24, 2.45) is 5.92 Å². The molecule has 1 amide bonds. The number of hydrogen-bond donors (Lipinski definition) is 1. The standard InChI is InChI=1S/C21H25N5O4S2/c1-5-26-19(28)17-12-7-6-11(2)8-13(12)32-18(17)25-21(26)31-10-14(27)22-20-23-15(29-3)9-16(24-20)30-4/h9,11H,5-8,10H2,1-4H3,(H,22,23,24,27). The number of carbonyl (C=O) groups is 1. The number of hydrogen-bond acceptors (Lipinski definition) is 9. The van der Waals surface area contributed by atoms with Crippen molar-refractivity contribution >= 4 is 45.2 Å². The van der Waals surface area contributed by atoms with Gasteiger partial charge in [0.2, 0.25) is 23.6 Å². The van der Waals surface area contributed by atoms with E-state index in [0.29, 0.717) is 17.6 Å². The third kappa shape index (κ3) is 4.44. The summed E-state index contributed by atoms with van der Waals surface area (Å²) >= 11 is 2.83. The average molecular weight is 476 g/mol. The van der Waals surface area contributed by atoms with E-state index >= 15 is 0 Å². The van der Waals surface area contributed by atoms with E-state index in [1.54, 1.807) is 15.9 Å². The zero-order valence-electron chi connectivity index (χ0n) is 18.4. The molecule has 1 atom stereocenters. The Morgan fingerprint density at radius 2 is 2.00 bits per heavy atom. The van der Waals surface area contributed by atoms with Crippen molar-refractivity contribution in [2.45, 2.75) is 44.8 Å². The number of carbonyl (C=O) groups excluding carboxylic acids is 1. The van der Waals surface area contributed by atoms with Crippen LogP contribution in [0.3, 0.4) is 0 Å². The number of fused-ring (bicyclic) bond motifs is 3. The van der Waals surface area contributed by atoms with E-state index in [-0.39, 0.29) is 34.9 Å². The van der Waals surface area contributed by atoms with Crippen molar-refractivity contribution in [1.82, 2.24) is 19.5 Å². The first-order valence-electron chi connectivity index (χ1n) is 10.4. The van der Waals surface area contributed by atoms with Crippen LogP contribution < -0.4 is 20.3 Å². The molecule has 0 saturated carbocycles. The second kappa shape index (κ2) is 9.45. The average Bonchev–Trinajstić information content (AvgIpc) is 3.14. The minimum Gasteiger partial charge on any atom is -0.481 e. The molecule has 0 aliphatic heterocycles. The van der Waals surface area contributed by atoms with E-state index in [1.165, 1.54) is 42.5 Å². The highest BCUT2D eigenvalue weighted by Crippen LogP contribution is 2.36. The van der Waals surface area contributed by atoms with Crippen LogP contribution in [0.1, 0.15) is 30.7 Å². The highest BCUT2D eigenvalue weighted by atomic mass is 32.2. The highest BCUT2D eigenvalue weighted by Gasteiger charge is 2.24. The molecule has 1 N–H and O–H groups in total. The fourth-order valence-electron chi connectivity index (χ4n) is 3.75. The van der Waals surface area contributed by atoms with Gasteiger partial charge in [0.1, 0.15) is 4.83 Å². The molecule has 3 aromatic rings. The topological polar surface area (TPSA) is 108 Å². The van der Waals surface area contributed by atoms with Crippen molar-refractivity contribution in [1.29, 1.82) is 0 Å². The number of anilines is 1. The molecule has 0 bridgehead atoms. The van der Waals surface area contributed by atoms with Gasteiger partial charge >= 0.3 is 0 Å². The molecule has 3 aromatic heterocycles. The zero-order chi connectivity index (χ0) is 22.8. The largest absolute Gasteiger partial charge is 0.481 e. The van der Waals surface area contributed by atoms with Crippen molar-refractivity contribution in [3.05, 3.63) is 26.9 Å². The van der Waals surface area contributed by atoms with E-state index in [9.17, 15) is 9.59 Å². The molecule has 32 heavy (non-hydrogen) atoms. The van der Waals surface area contributed by atoms with Gasteiger partial charge in [0.15, 0.2) is 5.16 Å². The Bertz CT molecular complexity index is 1200. The molecule has 11 heteroatoms. The normalized spacial score (nSPS) is 15.4. The van der Waals surface area contributed by atoms with E-state index in [1.807, 2.05) is 6.92 Å². The Balaban J connectivity index is 1.55. The van der Waals surface area contributed by atoms with Crippen LogP contribution in [0.5, 0.6) is 11.8 Å². The Morgan fingerprint density at radius 1 is 1.28 bits per heavy atom. The van der Waals surface area contributed by atoms with Crippen molar-refractivity contribution in [3.63, 3.8) is 0 Å². The zero-order valence-corrected chi connectivity index (χ0v) is 20.1. The third-order valence-electron chi connectivity index (χ3n) is 5.38. The van der Waals surface area contributed by atoms with Gasteiger partial charge in [-0.3, -0.25) is 19.5 Å². The maximum atomic E-state index is 13.2. The summed E-state index contributed by atoms with van der Waals surface area (Å²) < 4.78 is 11.8. The van der Waals surface area contributed by atoms with Crippen LogP contribution in [0.2, 0.25) is 0 Å². The van der Waals surface area contributed by atoms with Crippen molar-refractivity contribution < 1.29 is 14.3 Å². The van der Waals surface area contributed by atoms with Crippen molar-refractivity contribution in [2.75, 3.05) is 25.3 Å². The molecule has 1 aliphatic carbocycles. The second-order valence-electron chi connectivity index (χ2n) is 7.59. The maximum Gasteiger partial charge on any atom is 0.263 e. The molecule has 1 unspecified atom stereocenters. The lowest BCUT2D eigenvalue weighted by Gasteiger charge is -2.17. The van der Waals surface area contributed by atoms with Gasteiger partial charge in [-0.15, -0.1) is 11.3 Å². The smallest absolute Gasteiger partial charge is 0.263 e. The first-order chi connectivity index (χ1) is 15.4. The molecule has 0 radical (unpaired) electrons. The van der Waals surface area contributed by atoms with Crippen LogP contribution in [0.4, 0.5) is 5.95 Å². The van der Waals surface area contributed by atoms with E-state index in [2.05, 4.69) is 22.2 Å². The minimum absolute atomic E-state index is 0.0201. The quantitative estimate of drug-likeness (QED) is 0.410. The van der Waals surface area contributed by atoms with Gasteiger partial charge in [0.05, 0.1) is 31.4 Å². The Labute approximate surface area is 193 Å². The number of aromatic nitrogens is 4. The summed E-state index contributed by atoms with van der Waals surface area (Å²) in [6.45, 7) is 4.64. The molecule has 1 aliphatic rings. The molecular formula is C21H25N5O4S2. The van der Waals surface area contributed by atoms with Crippen LogP contribution in [0.25, 0.3) is 10.2 Å². The molecule has 0 aromatic carbocycles. The predicted octanol–water partition coefficient (Wildman–Crippen LogP) is 3.14. The summed E-state index contributed by atoms with van der Waals surface area (Å²) in [6, 6.07) is 1.52. The number of thioether (sulfide) groups is 1. The third-order valence-corrected chi connectivity index (χ3v) is 7.50. The summed E-state index contributed by atoms with van der Waals surface area (Å²) in [5, 5.41) is 3.93. The number of aryl methyl sites for hydroxylation is 1. The number of methoxy groups -OCH3 is 2. The summed E-state index contributed by atoms with van der Waals surface area (Å²) in [6.07, 6.45) is 3.02. The van der Waals surface area contributed by atoms with Gasteiger partial charge in [-0.2, -0.15) is 9.97 Å². The maximum absolute atomic E-state index is 13.2. The van der Waals surface area contributed by atoms with Gasteiger partial charge in [-0.25, -0.2) is 4.98 Å². The Kier molecular flexibility index (Phi) is 6.66. The van der Waals surface area contributed by atoms with Crippen molar-refractivity contribution in [3.8, 4) is 11.8 Å². The number of nitrogens with one attached hydrogen (secondary N) is 1. The number of nitrogens with zero attached hydrogens (tertiary/aromatic N) is 4. The van der Waals surface area contributed by atoms with Crippen LogP contribution >= 0.6 is 23.1 Å². The first-order valence-corrected chi connectivity index (χ1v) is 12.2. The van der Waals surface area contributed by atoms with Crippen LogP contribution in [0, 0.1) is 5.92 Å². The van der Waals surface area contributed by atoms with E-state index in [4.69, 9.17) is 14.5 Å². The molecule has 0 spiro atoms. The lowest BCUT2D eigenvalue weighted by atomic mass is 9.89. The molecule has 9 nitrogen and oxygen atoms in total. The lowest BCUT2D eigenvalue weighted by Crippen LogP contribution is -2.24. The summed E-state index contributed by atoms with van der Waals surface area (Å²) in [7, 11) is 2.94. The molecule has 3 heterocycles. The van der Waals surface area contributed by atoms with Gasteiger partial charge in [0, 0.05) is 11.4 Å². The number of thiophene rings is 1. The predicted molar refractivity (Wildman–Crippen MR) is 125 cm³/mol. The molecule has 4 rings (SSSR count). The van der Waals surface area contributed by atoms with Gasteiger partial charge in [0.25, 0.3) is 5.56 Å². The number of rotatable bonds is 7. The fourth-order valence-corrected chi connectivity index (χ4v) is 6.04. The molecule has 0 saturated heterocycles. The fraction of sp³-hybridized carbons (Fsp3) is 0.476. The Morgan fingerprint density at radius 3 is 2.66 bits per heavy atom. The van der Waals surface area contributed by atoms with E-state index < -0.39 is 0 Å². The minimum atomic E-state index is -0.318. The van der Waals surface area contributed by atoms with Crippen LogP contribution in [0.15, 0.2) is 16.0 Å². The Hall–Kier alpha value is -2.66. The van der Waals surface area contributed by atoms with Gasteiger partial charge in [-0.05, 0) is 37.7 Å².